The van der Waals surface area contributed by atoms with Gasteiger partial charge < -0.3 is 29.9 Å². The first-order chi connectivity index (χ1) is 12.1. The maximum Gasteiger partial charge on any atom is 4.00 e. The van der Waals surface area contributed by atoms with E-state index in [1.807, 2.05) is 6.07 Å². The predicted molar refractivity (Wildman–Crippen MR) is 110 cm³/mol. The molecule has 1 aliphatic carbocycles. The van der Waals surface area contributed by atoms with Crippen LogP contribution in [0.4, 0.5) is 0 Å². The van der Waals surface area contributed by atoms with Crippen LogP contribution in [0, 0.1) is 6.07 Å². The molecule has 1 unspecified atom stereocenters. The van der Waals surface area contributed by atoms with Crippen LogP contribution in [0.5, 0.6) is 0 Å². The second kappa shape index (κ2) is 12.9. The van der Waals surface area contributed by atoms with Gasteiger partial charge in [0.2, 0.25) is 0 Å². The molecule has 0 aromatic heterocycles. The van der Waals surface area contributed by atoms with E-state index in [1.165, 1.54) is 33.0 Å². The Hall–Kier alpha value is -0.570. The number of halogens is 2. The van der Waals surface area contributed by atoms with Crippen molar-refractivity contribution in [1.29, 1.82) is 0 Å². The van der Waals surface area contributed by atoms with Crippen LogP contribution in [0.25, 0.3) is 11.1 Å². The van der Waals surface area contributed by atoms with E-state index in [2.05, 4.69) is 80.7 Å². The summed E-state index contributed by atoms with van der Waals surface area (Å²) >= 11 is 0. The fourth-order valence-electron chi connectivity index (χ4n) is 3.70. The molecule has 1 atom stereocenters. The molecule has 3 aromatic carbocycles. The second-order valence-electron chi connectivity index (χ2n) is 6.94. The molecule has 0 radical (unpaired) electrons. The summed E-state index contributed by atoms with van der Waals surface area (Å²) in [5.41, 5.74) is 6.87. The first-order valence-electron chi connectivity index (χ1n) is 9.08. The number of aliphatic hydroxyl groups excluding tert-OH is 1. The molecule has 28 heavy (non-hydrogen) atoms. The summed E-state index contributed by atoms with van der Waals surface area (Å²) < 4.78 is 0. The molecule has 1 aliphatic rings. The Morgan fingerprint density at radius 3 is 2.36 bits per heavy atom. The number of hydrogen-bond donors (Lipinski definition) is 1. The molecule has 1 N–H and O–H groups in total. The molecule has 0 spiro atoms. The van der Waals surface area contributed by atoms with E-state index in [0.29, 0.717) is 5.92 Å². The monoisotopic (exact) mass is 506 g/mol. The first kappa shape index (κ1) is 27.4. The average Bonchev–Trinajstić information content (AvgIpc) is 3.21. The van der Waals surface area contributed by atoms with Gasteiger partial charge in [-0.05, 0) is 17.9 Å². The molecule has 0 bridgehead atoms. The quantitative estimate of drug-likeness (QED) is 0.329. The second-order valence-corrected chi connectivity index (χ2v) is 9.87. The average molecular weight is 509 g/mol. The van der Waals surface area contributed by atoms with Crippen molar-refractivity contribution in [2.24, 2.45) is 0 Å². The summed E-state index contributed by atoms with van der Waals surface area (Å²) in [7, 11) is -0.662. The van der Waals surface area contributed by atoms with Crippen LogP contribution in [0.3, 0.4) is 0 Å². The van der Waals surface area contributed by atoms with Crippen molar-refractivity contribution in [3.63, 3.8) is 0 Å². The van der Waals surface area contributed by atoms with Gasteiger partial charge in [-0.3, -0.25) is 0 Å². The molecule has 0 amide bonds. The molecule has 0 heterocycles. The van der Waals surface area contributed by atoms with E-state index in [0.717, 1.165) is 6.42 Å². The number of benzene rings is 2. The third-order valence-electron chi connectivity index (χ3n) is 4.99. The van der Waals surface area contributed by atoms with Crippen molar-refractivity contribution < 1.29 is 56.1 Å². The van der Waals surface area contributed by atoms with Crippen molar-refractivity contribution in [3.8, 4) is 11.1 Å². The Labute approximate surface area is 202 Å². The summed E-state index contributed by atoms with van der Waals surface area (Å²) in [5.74, 6) is 0.502. The fraction of sp³-hybridized carbons (Fsp3) is 0.261. The molecule has 0 saturated heterocycles. The Morgan fingerprint density at radius 2 is 1.68 bits per heavy atom. The standard InChI is InChI=1S/C14H11.C9H15OSi.2ClH.Zr/c1-10-11-6-2-4-8-13(11)14-9-5-3-7-12(10)14;1-11(2)9-5-3-4-8(9)6-7-10;;;/h2-6,8-10H,1H3;3-5,10-11H,6-7H2,1-2H3;2*1H;/q2*-1;;;+4/p-2. The molecular formula is C23H26Cl2OSiZr. The molecule has 1 nitrogen and oxygen atoms in total. The smallest absolute Gasteiger partial charge is 1.00 e. The van der Waals surface area contributed by atoms with Gasteiger partial charge in [0.25, 0.3) is 0 Å². The van der Waals surface area contributed by atoms with Gasteiger partial charge in [0.1, 0.15) is 0 Å². The largest absolute Gasteiger partial charge is 4.00 e. The molecule has 0 fully saturated rings. The van der Waals surface area contributed by atoms with Gasteiger partial charge >= 0.3 is 26.2 Å². The molecule has 5 heteroatoms. The minimum Gasteiger partial charge on any atom is -1.00 e. The number of fused-ring (bicyclic) bond motifs is 3. The summed E-state index contributed by atoms with van der Waals surface area (Å²) in [5, 5.41) is 10.3. The van der Waals surface area contributed by atoms with Crippen LogP contribution in [-0.2, 0) is 32.6 Å². The van der Waals surface area contributed by atoms with Gasteiger partial charge in [-0.25, -0.2) is 12.1 Å². The predicted octanol–water partition coefficient (Wildman–Crippen LogP) is -1.74. The third kappa shape index (κ3) is 5.97. The molecule has 0 saturated carbocycles. The van der Waals surface area contributed by atoms with Crippen molar-refractivity contribution in [3.05, 3.63) is 83.4 Å². The number of aliphatic hydroxyl groups is 1. The Morgan fingerprint density at radius 1 is 1.00 bits per heavy atom. The van der Waals surface area contributed by atoms with Gasteiger partial charge in [0, 0.05) is 15.4 Å². The van der Waals surface area contributed by atoms with Crippen LogP contribution in [0.15, 0.2) is 60.7 Å². The minimum atomic E-state index is -0.662. The van der Waals surface area contributed by atoms with Crippen LogP contribution in [-0.4, -0.2) is 20.5 Å². The Balaban J connectivity index is 0.000000483. The Bertz CT molecular complexity index is 802. The van der Waals surface area contributed by atoms with E-state index in [9.17, 15) is 0 Å². The first-order valence-corrected chi connectivity index (χ1v) is 12.0. The van der Waals surface area contributed by atoms with Gasteiger partial charge in [0.15, 0.2) is 0 Å². The van der Waals surface area contributed by atoms with Gasteiger partial charge in [-0.15, -0.1) is 11.1 Å². The van der Waals surface area contributed by atoms with E-state index in [4.69, 9.17) is 5.11 Å². The van der Waals surface area contributed by atoms with E-state index >= 15 is 0 Å². The summed E-state index contributed by atoms with van der Waals surface area (Å²) in [6.45, 7) is 7.16. The van der Waals surface area contributed by atoms with Crippen molar-refractivity contribution >= 4 is 14.0 Å². The van der Waals surface area contributed by atoms with Crippen molar-refractivity contribution in [1.82, 2.24) is 0 Å². The molecular weight excluding hydrogens is 482 g/mol. The van der Waals surface area contributed by atoms with Crippen LogP contribution < -0.4 is 30.0 Å². The summed E-state index contributed by atoms with van der Waals surface area (Å²) in [6.07, 6.45) is 0.827. The number of hydrogen-bond acceptors (Lipinski definition) is 1. The van der Waals surface area contributed by atoms with Gasteiger partial charge in [-0.1, -0.05) is 49.8 Å². The van der Waals surface area contributed by atoms with Crippen molar-refractivity contribution in [2.75, 3.05) is 6.61 Å². The minimum absolute atomic E-state index is 0. The zero-order chi connectivity index (χ0) is 17.8. The maximum absolute atomic E-state index is 8.76. The topological polar surface area (TPSA) is 20.2 Å². The summed E-state index contributed by atoms with van der Waals surface area (Å²) in [4.78, 5) is 0. The fourth-order valence-corrected chi connectivity index (χ4v) is 5.18. The van der Waals surface area contributed by atoms with Crippen LogP contribution in [0.1, 0.15) is 29.5 Å². The van der Waals surface area contributed by atoms with Crippen LogP contribution >= 0.6 is 0 Å². The van der Waals surface area contributed by atoms with Gasteiger partial charge in [-0.2, -0.15) is 41.1 Å². The van der Waals surface area contributed by atoms with Gasteiger partial charge in [0.05, 0.1) is 0 Å². The molecule has 0 aliphatic heterocycles. The zero-order valence-corrected chi connectivity index (χ0v) is 21.7. The number of rotatable bonds is 3. The molecule has 4 rings (SSSR count). The van der Waals surface area contributed by atoms with Crippen molar-refractivity contribution in [2.45, 2.75) is 32.4 Å². The Kier molecular flexibility index (Phi) is 12.6. The maximum atomic E-state index is 8.76. The normalized spacial score (nSPS) is 13.1. The van der Waals surface area contributed by atoms with E-state index < -0.39 is 8.80 Å². The van der Waals surface area contributed by atoms with Crippen LogP contribution in [0.2, 0.25) is 13.1 Å². The zero-order valence-electron chi connectivity index (χ0n) is 16.5. The SMILES string of the molecule is CC1c2[c-]cccc2-c2ccccc21.C[SiH](C)[c-]1cccc1CCO.[Cl-].[Cl-].[Zr+4]. The molecule has 146 valence electrons. The third-order valence-corrected chi connectivity index (χ3v) is 6.79. The van der Waals surface area contributed by atoms with E-state index in [-0.39, 0.29) is 57.6 Å². The molecule has 3 aromatic rings. The van der Waals surface area contributed by atoms with E-state index in [1.54, 1.807) is 0 Å². The summed E-state index contributed by atoms with van der Waals surface area (Å²) in [6, 6.07) is 24.6.